The fraction of sp³-hybridized carbons (Fsp3) is 0.944. The molecule has 0 aromatic heterocycles. The lowest BCUT2D eigenvalue weighted by molar-refractivity contribution is -0.145. The third-order valence-corrected chi connectivity index (χ3v) is 5.77. The van der Waals surface area contributed by atoms with Crippen LogP contribution in [0.3, 0.4) is 0 Å². The molecule has 0 spiro atoms. The summed E-state index contributed by atoms with van der Waals surface area (Å²) in [5.74, 6) is 0.770. The molecule has 3 aliphatic rings. The van der Waals surface area contributed by atoms with Crippen LogP contribution in [0.2, 0.25) is 0 Å². The van der Waals surface area contributed by atoms with E-state index in [9.17, 15) is 9.18 Å². The van der Waals surface area contributed by atoms with Crippen molar-refractivity contribution >= 4 is 5.91 Å². The highest BCUT2D eigenvalue weighted by molar-refractivity contribution is 5.80. The molecule has 1 unspecified atom stereocenters. The summed E-state index contributed by atoms with van der Waals surface area (Å²) in [5.41, 5.74) is -1.06. The Bertz CT molecular complexity index is 375. The Balaban J connectivity index is 0.000000847. The second-order valence-corrected chi connectivity index (χ2v) is 7.14. The zero-order chi connectivity index (χ0) is 16.3. The van der Waals surface area contributed by atoms with Gasteiger partial charge in [0.2, 0.25) is 5.91 Å². The van der Waals surface area contributed by atoms with Crippen molar-refractivity contribution in [2.45, 2.75) is 71.5 Å². The van der Waals surface area contributed by atoms with E-state index in [1.807, 2.05) is 18.7 Å². The molecule has 1 amide bonds. The van der Waals surface area contributed by atoms with Gasteiger partial charge >= 0.3 is 0 Å². The molecule has 1 aliphatic carbocycles. The van der Waals surface area contributed by atoms with Crippen LogP contribution in [-0.4, -0.2) is 53.6 Å². The standard InChI is InChI=1S/C16H27FN2O.C2H6/c1-3-13-5-8-19(11-16(13,2)17)14-9-12(10-14)15(20)18-6-4-7-18;1-2/h12-14H,3-11H2,1-2H3;1-2H3/t12?,13-,14?,16?;/m0./s1. The highest BCUT2D eigenvalue weighted by atomic mass is 19.1. The molecular weight excluding hydrogens is 279 g/mol. The summed E-state index contributed by atoms with van der Waals surface area (Å²) in [7, 11) is 0. The molecule has 0 radical (unpaired) electrons. The SMILES string of the molecule is CC.CC[C@H]1CCN(C2CC(C(=O)N3CCC3)C2)CC1(C)F. The van der Waals surface area contributed by atoms with Gasteiger partial charge in [-0.1, -0.05) is 27.2 Å². The first-order valence-corrected chi connectivity index (χ1v) is 9.23. The number of halogens is 1. The largest absolute Gasteiger partial charge is 0.342 e. The van der Waals surface area contributed by atoms with Crippen LogP contribution in [0, 0.1) is 11.8 Å². The minimum Gasteiger partial charge on any atom is -0.342 e. The van der Waals surface area contributed by atoms with Gasteiger partial charge in [-0.3, -0.25) is 9.69 Å². The van der Waals surface area contributed by atoms with Crippen LogP contribution < -0.4 is 0 Å². The first-order valence-electron chi connectivity index (χ1n) is 9.23. The molecule has 0 aromatic carbocycles. The van der Waals surface area contributed by atoms with Gasteiger partial charge in [0.15, 0.2) is 0 Å². The summed E-state index contributed by atoms with van der Waals surface area (Å²) in [6.07, 6.45) is 4.95. The number of alkyl halides is 1. The average Bonchev–Trinajstić information content (AvgIpc) is 2.36. The molecule has 2 saturated heterocycles. The summed E-state index contributed by atoms with van der Waals surface area (Å²) >= 11 is 0. The Morgan fingerprint density at radius 2 is 1.86 bits per heavy atom. The molecule has 2 atom stereocenters. The summed E-state index contributed by atoms with van der Waals surface area (Å²) in [4.78, 5) is 16.4. The average molecular weight is 312 g/mol. The van der Waals surface area contributed by atoms with E-state index in [1.54, 1.807) is 6.92 Å². The second-order valence-electron chi connectivity index (χ2n) is 7.14. The molecule has 0 bridgehead atoms. The molecule has 3 fully saturated rings. The number of nitrogens with zero attached hydrogens (tertiary/aromatic N) is 2. The molecule has 0 N–H and O–H groups in total. The van der Waals surface area contributed by atoms with Gasteiger partial charge in [0.05, 0.1) is 0 Å². The predicted octanol–water partition coefficient (Wildman–Crippen LogP) is 3.48. The molecule has 2 heterocycles. The third-order valence-electron chi connectivity index (χ3n) is 5.77. The number of piperidine rings is 1. The van der Waals surface area contributed by atoms with Gasteiger partial charge in [0.25, 0.3) is 0 Å². The lowest BCUT2D eigenvalue weighted by Gasteiger charge is -2.50. The number of carbonyl (C=O) groups excluding carboxylic acids is 1. The van der Waals surface area contributed by atoms with E-state index in [0.717, 1.165) is 51.7 Å². The summed E-state index contributed by atoms with van der Waals surface area (Å²) in [6, 6.07) is 0.443. The molecule has 3 rings (SSSR count). The van der Waals surface area contributed by atoms with E-state index in [1.165, 1.54) is 0 Å². The van der Waals surface area contributed by atoms with Crippen molar-refractivity contribution in [3.8, 4) is 0 Å². The summed E-state index contributed by atoms with van der Waals surface area (Å²) in [5, 5.41) is 0. The van der Waals surface area contributed by atoms with Gasteiger partial charge in [0, 0.05) is 31.6 Å². The Labute approximate surface area is 135 Å². The molecule has 1 saturated carbocycles. The Morgan fingerprint density at radius 3 is 2.32 bits per heavy atom. The quantitative estimate of drug-likeness (QED) is 0.796. The van der Waals surface area contributed by atoms with Crippen LogP contribution in [0.15, 0.2) is 0 Å². The van der Waals surface area contributed by atoms with Crippen molar-refractivity contribution in [3.05, 3.63) is 0 Å². The van der Waals surface area contributed by atoms with E-state index in [4.69, 9.17) is 0 Å². The fourth-order valence-electron chi connectivity index (χ4n) is 4.05. The van der Waals surface area contributed by atoms with E-state index < -0.39 is 5.67 Å². The lowest BCUT2D eigenvalue weighted by atomic mass is 9.75. The van der Waals surface area contributed by atoms with Gasteiger partial charge in [-0.05, 0) is 45.1 Å². The minimum absolute atomic E-state index is 0.206. The zero-order valence-electron chi connectivity index (χ0n) is 14.8. The van der Waals surface area contributed by atoms with Gasteiger partial charge in [-0.25, -0.2) is 4.39 Å². The van der Waals surface area contributed by atoms with Crippen molar-refractivity contribution in [3.63, 3.8) is 0 Å². The third kappa shape index (κ3) is 3.47. The summed E-state index contributed by atoms with van der Waals surface area (Å²) in [6.45, 7) is 11.3. The normalized spacial score (nSPS) is 38.4. The second kappa shape index (κ2) is 7.29. The van der Waals surface area contributed by atoms with Gasteiger partial charge in [0.1, 0.15) is 5.67 Å². The van der Waals surface area contributed by atoms with Crippen molar-refractivity contribution in [2.75, 3.05) is 26.2 Å². The monoisotopic (exact) mass is 312 g/mol. The lowest BCUT2D eigenvalue weighted by Crippen LogP contribution is -2.58. The zero-order valence-corrected chi connectivity index (χ0v) is 14.8. The van der Waals surface area contributed by atoms with E-state index in [0.29, 0.717) is 18.5 Å². The topological polar surface area (TPSA) is 23.6 Å². The van der Waals surface area contributed by atoms with Crippen LogP contribution in [0.1, 0.15) is 59.8 Å². The maximum atomic E-state index is 14.6. The van der Waals surface area contributed by atoms with Crippen LogP contribution in [-0.2, 0) is 4.79 Å². The van der Waals surface area contributed by atoms with Crippen LogP contribution in [0.25, 0.3) is 0 Å². The minimum atomic E-state index is -1.06. The van der Waals surface area contributed by atoms with Crippen molar-refractivity contribution < 1.29 is 9.18 Å². The van der Waals surface area contributed by atoms with Crippen molar-refractivity contribution in [1.29, 1.82) is 0 Å². The Morgan fingerprint density at radius 1 is 1.23 bits per heavy atom. The molecule has 22 heavy (non-hydrogen) atoms. The highest BCUT2D eigenvalue weighted by Gasteiger charge is 2.46. The number of carbonyl (C=O) groups is 1. The maximum Gasteiger partial charge on any atom is 0.225 e. The highest BCUT2D eigenvalue weighted by Crippen LogP contribution is 2.40. The number of hydrogen-bond donors (Lipinski definition) is 0. The van der Waals surface area contributed by atoms with Gasteiger partial charge < -0.3 is 4.90 Å². The molecular formula is C18H33FN2O. The molecule has 3 nitrogen and oxygen atoms in total. The Hall–Kier alpha value is -0.640. The van der Waals surface area contributed by atoms with Crippen molar-refractivity contribution in [1.82, 2.24) is 9.80 Å². The van der Waals surface area contributed by atoms with Crippen molar-refractivity contribution in [2.24, 2.45) is 11.8 Å². The molecule has 2 aliphatic heterocycles. The molecule has 128 valence electrons. The predicted molar refractivity (Wildman–Crippen MR) is 88.5 cm³/mol. The van der Waals surface area contributed by atoms with Crippen LogP contribution >= 0.6 is 0 Å². The number of rotatable bonds is 3. The number of amides is 1. The maximum absolute atomic E-state index is 14.6. The first kappa shape index (κ1) is 17.7. The number of hydrogen-bond acceptors (Lipinski definition) is 2. The number of likely N-dealkylation sites (tertiary alicyclic amines) is 2. The molecule has 0 aromatic rings. The fourth-order valence-corrected chi connectivity index (χ4v) is 4.05. The molecule has 4 heteroatoms. The van der Waals surface area contributed by atoms with E-state index >= 15 is 0 Å². The summed E-state index contributed by atoms with van der Waals surface area (Å²) < 4.78 is 14.6. The van der Waals surface area contributed by atoms with E-state index in [-0.39, 0.29) is 11.8 Å². The van der Waals surface area contributed by atoms with Gasteiger partial charge in [-0.15, -0.1) is 0 Å². The van der Waals surface area contributed by atoms with Crippen LogP contribution in [0.5, 0.6) is 0 Å². The van der Waals surface area contributed by atoms with Crippen LogP contribution in [0.4, 0.5) is 4.39 Å². The smallest absolute Gasteiger partial charge is 0.225 e. The van der Waals surface area contributed by atoms with E-state index in [2.05, 4.69) is 11.8 Å². The Kier molecular flexibility index (Phi) is 5.87. The van der Waals surface area contributed by atoms with Gasteiger partial charge in [-0.2, -0.15) is 0 Å². The first-order chi connectivity index (χ1) is 10.5.